The molecule has 3 N–H and O–H groups in total. The first kappa shape index (κ1) is 20.9. The molecule has 0 radical (unpaired) electrons. The van der Waals surface area contributed by atoms with E-state index in [0.717, 1.165) is 33.3 Å². The number of hydrogen-bond donors (Lipinski definition) is 2. The Balaban J connectivity index is 1.82. The molecule has 1 aromatic carbocycles. The number of nitrogens with zero attached hydrogens (tertiary/aromatic N) is 2. The van der Waals surface area contributed by atoms with Gasteiger partial charge < -0.3 is 15.9 Å². The van der Waals surface area contributed by atoms with E-state index in [-0.39, 0.29) is 28.8 Å². The standard InChI is InChI=1S/C19H20N4O4S2/c1-4-27-18(26)15-11(3)14-16(29-15)22-19(23(20)17(14)25)28-9-13(24)21-12-7-5-6-10(2)8-12/h5-8H,4,9,20H2,1-3H3,(H,21,24). The number of carbonyl (C=O) groups excluding carboxylic acids is 2. The number of ether oxygens (including phenoxy) is 1. The molecule has 0 bridgehead atoms. The molecule has 3 rings (SSSR count). The Morgan fingerprint density at radius 2 is 2.10 bits per heavy atom. The van der Waals surface area contributed by atoms with Crippen molar-refractivity contribution in [2.75, 3.05) is 23.5 Å². The van der Waals surface area contributed by atoms with Crippen molar-refractivity contribution in [3.05, 3.63) is 50.6 Å². The van der Waals surface area contributed by atoms with Gasteiger partial charge in [0.25, 0.3) is 5.56 Å². The molecule has 0 atom stereocenters. The van der Waals surface area contributed by atoms with Gasteiger partial charge in [-0.3, -0.25) is 9.59 Å². The van der Waals surface area contributed by atoms with Crippen molar-refractivity contribution in [2.24, 2.45) is 0 Å². The zero-order chi connectivity index (χ0) is 21.1. The number of nitrogens with one attached hydrogen (secondary N) is 1. The molecule has 0 unspecified atom stereocenters. The highest BCUT2D eigenvalue weighted by Gasteiger charge is 2.22. The number of thiophene rings is 1. The van der Waals surface area contributed by atoms with Crippen LogP contribution in [0.3, 0.4) is 0 Å². The summed E-state index contributed by atoms with van der Waals surface area (Å²) in [6.45, 7) is 5.54. The quantitative estimate of drug-likeness (QED) is 0.266. The molecule has 0 spiro atoms. The van der Waals surface area contributed by atoms with Crippen LogP contribution in [-0.2, 0) is 9.53 Å². The Bertz CT molecular complexity index is 1150. The highest BCUT2D eigenvalue weighted by Crippen LogP contribution is 2.29. The maximum atomic E-state index is 12.7. The van der Waals surface area contributed by atoms with Crippen molar-refractivity contribution in [2.45, 2.75) is 25.9 Å². The molecule has 2 aromatic heterocycles. The van der Waals surface area contributed by atoms with Crippen molar-refractivity contribution in [3.8, 4) is 0 Å². The van der Waals surface area contributed by atoms with Gasteiger partial charge in [0.05, 0.1) is 17.7 Å². The fraction of sp³-hybridized carbons (Fsp3) is 0.263. The molecule has 10 heteroatoms. The molecule has 3 aromatic rings. The SMILES string of the molecule is CCOC(=O)c1sc2nc(SCC(=O)Nc3cccc(C)c3)n(N)c(=O)c2c1C. The molecular weight excluding hydrogens is 412 g/mol. The molecule has 8 nitrogen and oxygen atoms in total. The first-order valence-corrected chi connectivity index (χ1v) is 10.6. The number of carbonyl (C=O) groups is 2. The van der Waals surface area contributed by atoms with Crippen LogP contribution < -0.4 is 16.7 Å². The van der Waals surface area contributed by atoms with Crippen LogP contribution in [0.2, 0.25) is 0 Å². The average molecular weight is 433 g/mol. The lowest BCUT2D eigenvalue weighted by Gasteiger charge is -2.08. The molecule has 0 saturated carbocycles. The van der Waals surface area contributed by atoms with Crippen LogP contribution >= 0.6 is 23.1 Å². The van der Waals surface area contributed by atoms with Crippen LogP contribution in [0.5, 0.6) is 0 Å². The van der Waals surface area contributed by atoms with Crippen LogP contribution in [0.4, 0.5) is 5.69 Å². The number of benzene rings is 1. The fourth-order valence-corrected chi connectivity index (χ4v) is 4.55. The molecule has 0 aliphatic heterocycles. The Kier molecular flexibility index (Phi) is 6.23. The Morgan fingerprint density at radius 3 is 2.79 bits per heavy atom. The second-order valence-corrected chi connectivity index (χ2v) is 8.17. The predicted octanol–water partition coefficient (Wildman–Crippen LogP) is 2.70. The largest absolute Gasteiger partial charge is 0.462 e. The number of nitrogen functional groups attached to an aromatic ring is 1. The van der Waals surface area contributed by atoms with Gasteiger partial charge in [0.15, 0.2) is 5.16 Å². The number of hydrogen-bond acceptors (Lipinski definition) is 8. The molecule has 152 valence electrons. The fourth-order valence-electron chi connectivity index (χ4n) is 2.72. The van der Waals surface area contributed by atoms with Crippen LogP contribution in [0.15, 0.2) is 34.2 Å². The van der Waals surface area contributed by atoms with Gasteiger partial charge in [-0.15, -0.1) is 11.3 Å². The summed E-state index contributed by atoms with van der Waals surface area (Å²) >= 11 is 2.13. The summed E-state index contributed by atoms with van der Waals surface area (Å²) in [5.41, 5.74) is 1.75. The van der Waals surface area contributed by atoms with Crippen molar-refractivity contribution < 1.29 is 14.3 Å². The minimum absolute atomic E-state index is 0.0260. The summed E-state index contributed by atoms with van der Waals surface area (Å²) in [5.74, 6) is 5.18. The number of aromatic nitrogens is 2. The predicted molar refractivity (Wildman–Crippen MR) is 115 cm³/mol. The lowest BCUT2D eigenvalue weighted by atomic mass is 10.2. The van der Waals surface area contributed by atoms with E-state index in [2.05, 4.69) is 10.3 Å². The molecule has 0 aliphatic carbocycles. The molecule has 0 fully saturated rings. The van der Waals surface area contributed by atoms with Gasteiger partial charge in [0.2, 0.25) is 5.91 Å². The number of thioether (sulfide) groups is 1. The number of fused-ring (bicyclic) bond motifs is 1. The second-order valence-electron chi connectivity index (χ2n) is 6.23. The number of amides is 1. The van der Waals surface area contributed by atoms with E-state index < -0.39 is 11.5 Å². The van der Waals surface area contributed by atoms with Gasteiger partial charge in [-0.25, -0.2) is 14.5 Å². The summed E-state index contributed by atoms with van der Waals surface area (Å²) in [6, 6.07) is 7.44. The number of esters is 1. The normalized spacial score (nSPS) is 10.9. The van der Waals surface area contributed by atoms with Crippen LogP contribution in [0.25, 0.3) is 10.2 Å². The molecule has 0 saturated heterocycles. The van der Waals surface area contributed by atoms with Crippen LogP contribution in [0.1, 0.15) is 27.7 Å². The molecular formula is C19H20N4O4S2. The summed E-state index contributed by atoms with van der Waals surface area (Å²) in [5, 5.41) is 3.27. The van der Waals surface area contributed by atoms with Gasteiger partial charge in [-0.2, -0.15) is 0 Å². The summed E-state index contributed by atoms with van der Waals surface area (Å²) in [7, 11) is 0. The Hall–Kier alpha value is -2.85. The molecule has 2 heterocycles. The molecule has 1 amide bonds. The molecule has 29 heavy (non-hydrogen) atoms. The van der Waals surface area contributed by atoms with E-state index in [1.54, 1.807) is 19.9 Å². The van der Waals surface area contributed by atoms with E-state index in [0.29, 0.717) is 21.0 Å². The first-order chi connectivity index (χ1) is 13.8. The number of rotatable bonds is 6. The van der Waals surface area contributed by atoms with Crippen molar-refractivity contribution >= 4 is 50.9 Å². The topological polar surface area (TPSA) is 116 Å². The monoisotopic (exact) mass is 432 g/mol. The lowest BCUT2D eigenvalue weighted by molar-refractivity contribution is -0.113. The minimum atomic E-state index is -0.497. The smallest absolute Gasteiger partial charge is 0.348 e. The highest BCUT2D eigenvalue weighted by molar-refractivity contribution is 7.99. The highest BCUT2D eigenvalue weighted by atomic mass is 32.2. The zero-order valence-electron chi connectivity index (χ0n) is 16.1. The van der Waals surface area contributed by atoms with E-state index >= 15 is 0 Å². The number of anilines is 1. The Morgan fingerprint density at radius 1 is 1.34 bits per heavy atom. The van der Waals surface area contributed by atoms with Gasteiger partial charge in [-0.1, -0.05) is 23.9 Å². The van der Waals surface area contributed by atoms with Crippen molar-refractivity contribution in [1.82, 2.24) is 9.66 Å². The number of nitrogens with two attached hydrogens (primary N) is 1. The van der Waals surface area contributed by atoms with E-state index in [4.69, 9.17) is 10.6 Å². The average Bonchev–Trinajstić information content (AvgIpc) is 3.00. The van der Waals surface area contributed by atoms with Crippen LogP contribution in [0, 0.1) is 13.8 Å². The van der Waals surface area contributed by atoms with Gasteiger partial charge in [0, 0.05) is 5.69 Å². The minimum Gasteiger partial charge on any atom is -0.462 e. The van der Waals surface area contributed by atoms with Crippen molar-refractivity contribution in [1.29, 1.82) is 0 Å². The van der Waals surface area contributed by atoms with Gasteiger partial charge in [0.1, 0.15) is 9.71 Å². The van der Waals surface area contributed by atoms with Crippen molar-refractivity contribution in [3.63, 3.8) is 0 Å². The van der Waals surface area contributed by atoms with E-state index in [1.165, 1.54) is 0 Å². The second kappa shape index (κ2) is 8.66. The van der Waals surface area contributed by atoms with Gasteiger partial charge >= 0.3 is 5.97 Å². The lowest BCUT2D eigenvalue weighted by Crippen LogP contribution is -2.30. The third-order valence-electron chi connectivity index (χ3n) is 4.06. The molecule has 0 aliphatic rings. The van der Waals surface area contributed by atoms with E-state index in [9.17, 15) is 14.4 Å². The summed E-state index contributed by atoms with van der Waals surface area (Å²) in [6.07, 6.45) is 0. The first-order valence-electron chi connectivity index (χ1n) is 8.79. The third kappa shape index (κ3) is 4.43. The van der Waals surface area contributed by atoms with Gasteiger partial charge in [-0.05, 0) is 44.0 Å². The van der Waals surface area contributed by atoms with Crippen LogP contribution in [-0.4, -0.2) is 33.9 Å². The Labute approximate surface area is 175 Å². The third-order valence-corrected chi connectivity index (χ3v) is 6.18. The maximum Gasteiger partial charge on any atom is 0.348 e. The van der Waals surface area contributed by atoms with E-state index in [1.807, 2.05) is 25.1 Å². The summed E-state index contributed by atoms with van der Waals surface area (Å²) < 4.78 is 5.93. The maximum absolute atomic E-state index is 12.7. The summed E-state index contributed by atoms with van der Waals surface area (Å²) in [4.78, 5) is 42.1. The number of aryl methyl sites for hydroxylation is 2. The zero-order valence-corrected chi connectivity index (χ0v) is 17.8.